The van der Waals surface area contributed by atoms with E-state index < -0.39 is 23.7 Å². The third-order valence-corrected chi connectivity index (χ3v) is 3.17. The van der Waals surface area contributed by atoms with Crippen molar-refractivity contribution in [2.24, 2.45) is 5.92 Å². The Hall–Kier alpha value is -1.63. The molecule has 2 N–H and O–H groups in total. The van der Waals surface area contributed by atoms with E-state index in [2.05, 4.69) is 21.2 Å². The molecular formula is C12H14BrFN2O3. The van der Waals surface area contributed by atoms with Crippen LogP contribution in [-0.4, -0.2) is 35.6 Å². The van der Waals surface area contributed by atoms with E-state index in [1.54, 1.807) is 6.07 Å². The van der Waals surface area contributed by atoms with Crippen molar-refractivity contribution >= 4 is 33.6 Å². The highest BCUT2D eigenvalue weighted by atomic mass is 79.9. The highest BCUT2D eigenvalue weighted by Crippen LogP contribution is 2.25. The van der Waals surface area contributed by atoms with Gasteiger partial charge in [0, 0.05) is 18.1 Å². The van der Waals surface area contributed by atoms with Gasteiger partial charge in [-0.15, -0.1) is 0 Å². The topological polar surface area (TPSA) is 69.6 Å². The number of halogens is 2. The lowest BCUT2D eigenvalue weighted by Gasteiger charge is -2.20. The number of anilines is 1. The van der Waals surface area contributed by atoms with E-state index in [0.29, 0.717) is 4.47 Å². The fourth-order valence-corrected chi connectivity index (χ4v) is 1.83. The molecule has 1 unspecified atom stereocenters. The van der Waals surface area contributed by atoms with Crippen molar-refractivity contribution < 1.29 is 19.1 Å². The molecule has 0 saturated carbocycles. The molecule has 5 nitrogen and oxygen atoms in total. The molecule has 0 bridgehead atoms. The Kier molecular flexibility index (Phi) is 5.29. The number of amides is 2. The molecule has 19 heavy (non-hydrogen) atoms. The summed E-state index contributed by atoms with van der Waals surface area (Å²) in [4.78, 5) is 23.7. The van der Waals surface area contributed by atoms with Gasteiger partial charge in [0.1, 0.15) is 5.82 Å². The summed E-state index contributed by atoms with van der Waals surface area (Å²) in [5, 5.41) is 11.2. The molecule has 1 aromatic rings. The van der Waals surface area contributed by atoms with E-state index in [-0.39, 0.29) is 12.2 Å². The van der Waals surface area contributed by atoms with Crippen molar-refractivity contribution in [1.82, 2.24) is 4.90 Å². The van der Waals surface area contributed by atoms with E-state index in [9.17, 15) is 14.0 Å². The molecule has 0 radical (unpaired) electrons. The summed E-state index contributed by atoms with van der Waals surface area (Å²) in [5.74, 6) is -2.26. The molecule has 0 fully saturated rings. The highest BCUT2D eigenvalue weighted by Gasteiger charge is 2.19. The maximum absolute atomic E-state index is 13.5. The van der Waals surface area contributed by atoms with Crippen LogP contribution in [0, 0.1) is 11.7 Å². The van der Waals surface area contributed by atoms with Gasteiger partial charge in [0.25, 0.3) is 0 Å². The average molecular weight is 333 g/mol. The van der Waals surface area contributed by atoms with Gasteiger partial charge in [-0.25, -0.2) is 9.18 Å². The minimum atomic E-state index is -0.994. The van der Waals surface area contributed by atoms with Crippen LogP contribution >= 0.6 is 15.9 Å². The molecule has 0 saturated heterocycles. The fourth-order valence-electron chi connectivity index (χ4n) is 1.39. The average Bonchev–Trinajstić information content (AvgIpc) is 2.33. The van der Waals surface area contributed by atoms with Gasteiger partial charge >= 0.3 is 12.0 Å². The summed E-state index contributed by atoms with van der Waals surface area (Å²) in [5.41, 5.74) is 0.0299. The van der Waals surface area contributed by atoms with Gasteiger partial charge in [-0.1, -0.05) is 13.0 Å². The Morgan fingerprint density at radius 3 is 2.68 bits per heavy atom. The van der Waals surface area contributed by atoms with Crippen molar-refractivity contribution in [1.29, 1.82) is 0 Å². The number of carbonyl (C=O) groups excluding carboxylic acids is 1. The van der Waals surface area contributed by atoms with E-state index in [1.165, 1.54) is 31.0 Å². The number of hydrogen-bond donors (Lipinski definition) is 2. The van der Waals surface area contributed by atoms with E-state index in [4.69, 9.17) is 5.11 Å². The Labute approximate surface area is 118 Å². The van der Waals surface area contributed by atoms with Gasteiger partial charge in [-0.05, 0) is 28.1 Å². The molecular weight excluding hydrogens is 319 g/mol. The number of aliphatic carboxylic acids is 1. The van der Waals surface area contributed by atoms with E-state index in [1.807, 2.05) is 0 Å². The third kappa shape index (κ3) is 4.20. The van der Waals surface area contributed by atoms with Crippen LogP contribution in [0.4, 0.5) is 14.9 Å². The summed E-state index contributed by atoms with van der Waals surface area (Å²) in [7, 11) is 1.45. The SMILES string of the molecule is CC(CN(C)C(=O)Nc1c(F)cccc1Br)C(=O)O. The van der Waals surface area contributed by atoms with Crippen molar-refractivity contribution in [3.63, 3.8) is 0 Å². The van der Waals surface area contributed by atoms with Gasteiger partial charge in [0.2, 0.25) is 0 Å². The van der Waals surface area contributed by atoms with Crippen LogP contribution in [0.2, 0.25) is 0 Å². The molecule has 0 spiro atoms. The highest BCUT2D eigenvalue weighted by molar-refractivity contribution is 9.10. The number of para-hydroxylation sites is 1. The third-order valence-electron chi connectivity index (χ3n) is 2.51. The lowest BCUT2D eigenvalue weighted by Crippen LogP contribution is -2.36. The predicted octanol–water partition coefficient (Wildman–Crippen LogP) is 2.77. The molecule has 1 aromatic carbocycles. The first-order valence-electron chi connectivity index (χ1n) is 5.52. The second kappa shape index (κ2) is 6.51. The van der Waals surface area contributed by atoms with Crippen LogP contribution in [0.5, 0.6) is 0 Å². The number of rotatable bonds is 4. The summed E-state index contributed by atoms with van der Waals surface area (Å²) in [6.07, 6.45) is 0. The van der Waals surface area contributed by atoms with Crippen LogP contribution in [-0.2, 0) is 4.79 Å². The molecule has 104 valence electrons. The predicted molar refractivity (Wildman–Crippen MR) is 72.5 cm³/mol. The first-order valence-corrected chi connectivity index (χ1v) is 6.31. The first kappa shape index (κ1) is 15.4. The zero-order valence-corrected chi connectivity index (χ0v) is 12.1. The lowest BCUT2D eigenvalue weighted by atomic mass is 10.2. The largest absolute Gasteiger partial charge is 0.481 e. The molecule has 2 amide bonds. The Balaban J connectivity index is 2.72. The number of nitrogens with zero attached hydrogens (tertiary/aromatic N) is 1. The van der Waals surface area contributed by atoms with Crippen LogP contribution < -0.4 is 5.32 Å². The van der Waals surface area contributed by atoms with Gasteiger partial charge in [0.05, 0.1) is 11.6 Å². The molecule has 0 heterocycles. The Bertz CT molecular complexity index is 476. The Morgan fingerprint density at radius 1 is 1.53 bits per heavy atom. The number of carbonyl (C=O) groups is 2. The monoisotopic (exact) mass is 332 g/mol. The van der Waals surface area contributed by atoms with Crippen molar-refractivity contribution in [3.8, 4) is 0 Å². The zero-order valence-electron chi connectivity index (χ0n) is 10.5. The minimum absolute atomic E-state index is 0.0299. The molecule has 1 rings (SSSR count). The summed E-state index contributed by atoms with van der Waals surface area (Å²) in [6, 6.07) is 3.75. The first-order chi connectivity index (χ1) is 8.82. The quantitative estimate of drug-likeness (QED) is 0.890. The second-order valence-electron chi connectivity index (χ2n) is 4.15. The molecule has 0 aliphatic heterocycles. The smallest absolute Gasteiger partial charge is 0.321 e. The standard InChI is InChI=1S/C12H14BrFN2O3/c1-7(11(17)18)6-16(2)12(19)15-10-8(13)4-3-5-9(10)14/h3-5,7H,6H2,1-2H3,(H,15,19)(H,17,18). The summed E-state index contributed by atoms with van der Waals surface area (Å²) >= 11 is 3.13. The van der Waals surface area contributed by atoms with Gasteiger partial charge in [0.15, 0.2) is 0 Å². The summed E-state index contributed by atoms with van der Waals surface area (Å²) < 4.78 is 13.9. The minimum Gasteiger partial charge on any atom is -0.481 e. The molecule has 0 aliphatic rings. The number of benzene rings is 1. The van der Waals surface area contributed by atoms with E-state index >= 15 is 0 Å². The lowest BCUT2D eigenvalue weighted by molar-refractivity contribution is -0.141. The van der Waals surface area contributed by atoms with E-state index in [0.717, 1.165) is 0 Å². The molecule has 1 atom stereocenters. The maximum atomic E-state index is 13.5. The fraction of sp³-hybridized carbons (Fsp3) is 0.333. The number of hydrogen-bond acceptors (Lipinski definition) is 2. The number of carboxylic acids is 1. The molecule has 0 aliphatic carbocycles. The van der Waals surface area contributed by atoms with Crippen molar-refractivity contribution in [2.75, 3.05) is 18.9 Å². The van der Waals surface area contributed by atoms with Gasteiger partial charge in [-0.2, -0.15) is 0 Å². The Morgan fingerprint density at radius 2 is 2.16 bits per heavy atom. The zero-order chi connectivity index (χ0) is 14.6. The van der Waals surface area contributed by atoms with Gasteiger partial charge in [-0.3, -0.25) is 4.79 Å². The van der Waals surface area contributed by atoms with Crippen LogP contribution in [0.1, 0.15) is 6.92 Å². The number of nitrogens with one attached hydrogen (secondary N) is 1. The number of urea groups is 1. The second-order valence-corrected chi connectivity index (χ2v) is 5.00. The summed E-state index contributed by atoms with van der Waals surface area (Å²) in [6.45, 7) is 1.53. The number of carboxylic acid groups (broad SMARTS) is 1. The normalized spacial score (nSPS) is 11.8. The van der Waals surface area contributed by atoms with Gasteiger partial charge < -0.3 is 15.3 Å². The molecule has 0 aromatic heterocycles. The molecule has 7 heteroatoms. The van der Waals surface area contributed by atoms with Crippen molar-refractivity contribution in [3.05, 3.63) is 28.5 Å². The van der Waals surface area contributed by atoms with Crippen LogP contribution in [0.15, 0.2) is 22.7 Å². The maximum Gasteiger partial charge on any atom is 0.321 e. The van der Waals surface area contributed by atoms with Crippen molar-refractivity contribution in [2.45, 2.75) is 6.92 Å². The van der Waals surface area contributed by atoms with Crippen LogP contribution in [0.3, 0.4) is 0 Å². The van der Waals surface area contributed by atoms with Crippen LogP contribution in [0.25, 0.3) is 0 Å².